The summed E-state index contributed by atoms with van der Waals surface area (Å²) in [7, 11) is 0. The van der Waals surface area contributed by atoms with Crippen LogP contribution in [0.15, 0.2) is 12.1 Å². The highest BCUT2D eigenvalue weighted by atomic mass is 32.1. The van der Waals surface area contributed by atoms with Gasteiger partial charge in [-0.25, -0.2) is 0 Å². The van der Waals surface area contributed by atoms with Gasteiger partial charge in [-0.05, 0) is 79.2 Å². The number of hydrogen-bond acceptors (Lipinski definition) is 6. The van der Waals surface area contributed by atoms with Gasteiger partial charge >= 0.3 is 5.97 Å². The van der Waals surface area contributed by atoms with Crippen LogP contribution in [-0.4, -0.2) is 47.8 Å². The monoisotopic (exact) mass is 515 g/mol. The van der Waals surface area contributed by atoms with Crippen LogP contribution in [0, 0.1) is 19.3 Å². The number of carboxylic acids is 1. The maximum Gasteiger partial charge on any atom is 0.304 e. The van der Waals surface area contributed by atoms with E-state index in [1.165, 1.54) is 16.0 Å². The van der Waals surface area contributed by atoms with E-state index < -0.39 is 12.1 Å². The van der Waals surface area contributed by atoms with Crippen molar-refractivity contribution in [1.29, 1.82) is 0 Å². The van der Waals surface area contributed by atoms with Gasteiger partial charge in [0.1, 0.15) is 18.5 Å². The Labute approximate surface area is 219 Å². The third-order valence-electron chi connectivity index (χ3n) is 6.96. The summed E-state index contributed by atoms with van der Waals surface area (Å²) < 4.78 is 5.88. The number of aliphatic hydroxyl groups is 1. The third-order valence-corrected chi connectivity index (χ3v) is 8.42. The number of carbonyl (C=O) groups excluding carboxylic acids is 1. The molecule has 1 aliphatic carbocycles. The molecule has 36 heavy (non-hydrogen) atoms. The first-order valence-electron chi connectivity index (χ1n) is 13.0. The van der Waals surface area contributed by atoms with Crippen LogP contribution in [0.2, 0.25) is 0 Å². The summed E-state index contributed by atoms with van der Waals surface area (Å²) in [5, 5.41) is 21.7. The van der Waals surface area contributed by atoms with Gasteiger partial charge in [-0.2, -0.15) is 0 Å². The minimum absolute atomic E-state index is 0.0165. The van der Waals surface area contributed by atoms with Crippen molar-refractivity contribution >= 4 is 23.1 Å². The lowest BCUT2D eigenvalue weighted by Gasteiger charge is -2.30. The Balaban J connectivity index is 1.58. The molecule has 0 fully saturated rings. The van der Waals surface area contributed by atoms with E-state index in [2.05, 4.69) is 38.2 Å². The van der Waals surface area contributed by atoms with Crippen LogP contribution in [0.5, 0.6) is 5.75 Å². The van der Waals surface area contributed by atoms with E-state index in [-0.39, 0.29) is 25.4 Å². The number of carbonyl (C=O) groups is 2. The first-order chi connectivity index (χ1) is 17.0. The average molecular weight is 516 g/mol. The maximum absolute atomic E-state index is 13.3. The Kier molecular flexibility index (Phi) is 9.72. The SMILES string of the molecule is CCc1sc(C(=O)CCc2cc(C)c(OCC(O)CNCCC(=O)O)c(C)c2)c2c1CC(C)(C)CC2. The highest BCUT2D eigenvalue weighted by Crippen LogP contribution is 2.42. The Morgan fingerprint density at radius 2 is 1.86 bits per heavy atom. The lowest BCUT2D eigenvalue weighted by molar-refractivity contribution is -0.136. The van der Waals surface area contributed by atoms with Gasteiger partial charge in [0.25, 0.3) is 0 Å². The highest BCUT2D eigenvalue weighted by Gasteiger charge is 2.31. The number of nitrogens with one attached hydrogen (secondary N) is 1. The van der Waals surface area contributed by atoms with Crippen molar-refractivity contribution in [3.8, 4) is 5.75 Å². The van der Waals surface area contributed by atoms with Gasteiger partial charge < -0.3 is 20.3 Å². The predicted molar refractivity (Wildman–Crippen MR) is 145 cm³/mol. The van der Waals surface area contributed by atoms with Crippen molar-refractivity contribution in [1.82, 2.24) is 5.32 Å². The first-order valence-corrected chi connectivity index (χ1v) is 13.8. The van der Waals surface area contributed by atoms with E-state index in [4.69, 9.17) is 9.84 Å². The molecule has 0 saturated heterocycles. The van der Waals surface area contributed by atoms with Crippen LogP contribution in [-0.2, 0) is 30.5 Å². The molecule has 2 aromatic rings. The fourth-order valence-corrected chi connectivity index (χ4v) is 6.32. The summed E-state index contributed by atoms with van der Waals surface area (Å²) in [5.74, 6) is 0.132. The van der Waals surface area contributed by atoms with Gasteiger partial charge in [-0.1, -0.05) is 32.9 Å². The number of aliphatic carboxylic acids is 1. The minimum atomic E-state index is -0.870. The molecule has 1 aromatic carbocycles. The molecule has 1 aromatic heterocycles. The molecule has 3 rings (SSSR count). The topological polar surface area (TPSA) is 95.9 Å². The van der Waals surface area contributed by atoms with E-state index in [9.17, 15) is 14.7 Å². The zero-order valence-electron chi connectivity index (χ0n) is 22.3. The number of benzene rings is 1. The van der Waals surface area contributed by atoms with Crippen LogP contribution in [0.4, 0.5) is 0 Å². The van der Waals surface area contributed by atoms with Crippen molar-refractivity contribution in [3.05, 3.63) is 49.7 Å². The molecule has 1 heterocycles. The van der Waals surface area contributed by atoms with E-state index in [0.29, 0.717) is 24.8 Å². The van der Waals surface area contributed by atoms with Gasteiger partial charge in [0, 0.05) is 24.4 Å². The molecule has 3 N–H and O–H groups in total. The minimum Gasteiger partial charge on any atom is -0.490 e. The smallest absolute Gasteiger partial charge is 0.304 e. The van der Waals surface area contributed by atoms with E-state index in [1.54, 1.807) is 11.3 Å². The largest absolute Gasteiger partial charge is 0.490 e. The highest BCUT2D eigenvalue weighted by molar-refractivity contribution is 7.14. The van der Waals surface area contributed by atoms with Gasteiger partial charge in [0.05, 0.1) is 11.3 Å². The molecule has 0 saturated carbocycles. The van der Waals surface area contributed by atoms with Gasteiger partial charge in [0.2, 0.25) is 0 Å². The molecule has 198 valence electrons. The number of fused-ring (bicyclic) bond motifs is 1. The van der Waals surface area contributed by atoms with Crippen LogP contribution < -0.4 is 10.1 Å². The fraction of sp³-hybridized carbons (Fsp3) is 0.586. The van der Waals surface area contributed by atoms with Crippen LogP contribution in [0.25, 0.3) is 0 Å². The Bertz CT molecular complexity index is 1060. The Hall–Kier alpha value is -2.22. The summed E-state index contributed by atoms with van der Waals surface area (Å²) >= 11 is 1.72. The Morgan fingerprint density at radius 3 is 2.50 bits per heavy atom. The molecule has 1 unspecified atom stereocenters. The molecule has 0 bridgehead atoms. The number of ether oxygens (including phenoxy) is 1. The van der Waals surface area contributed by atoms with E-state index >= 15 is 0 Å². The van der Waals surface area contributed by atoms with Crippen molar-refractivity contribution in [2.75, 3.05) is 19.7 Å². The summed E-state index contributed by atoms with van der Waals surface area (Å²) in [4.78, 5) is 26.2. The van der Waals surface area contributed by atoms with E-state index in [1.807, 2.05) is 13.8 Å². The molecule has 0 spiro atoms. The van der Waals surface area contributed by atoms with Crippen molar-refractivity contribution < 1.29 is 24.5 Å². The quantitative estimate of drug-likeness (QED) is 0.255. The molecule has 0 radical (unpaired) electrons. The van der Waals surface area contributed by atoms with E-state index in [0.717, 1.165) is 53.0 Å². The fourth-order valence-electron chi connectivity index (χ4n) is 5.05. The molecular formula is C29H41NO5S. The normalized spacial score (nSPS) is 15.4. The number of ketones is 1. The summed E-state index contributed by atoms with van der Waals surface area (Å²) in [6, 6.07) is 4.13. The predicted octanol–water partition coefficient (Wildman–Crippen LogP) is 5.06. The molecule has 0 aliphatic heterocycles. The number of Topliss-reactive ketones (excluding diaryl/α,β-unsaturated/α-hetero) is 1. The third kappa shape index (κ3) is 7.40. The first kappa shape index (κ1) is 28.4. The number of hydrogen-bond donors (Lipinski definition) is 3. The maximum atomic E-state index is 13.3. The van der Waals surface area contributed by atoms with Crippen LogP contribution in [0.3, 0.4) is 0 Å². The Morgan fingerprint density at radius 1 is 1.17 bits per heavy atom. The lowest BCUT2D eigenvalue weighted by Crippen LogP contribution is -2.32. The van der Waals surface area contributed by atoms with Gasteiger partial charge in [-0.15, -0.1) is 11.3 Å². The van der Waals surface area contributed by atoms with Gasteiger partial charge in [0.15, 0.2) is 5.78 Å². The molecule has 6 nitrogen and oxygen atoms in total. The summed E-state index contributed by atoms with van der Waals surface area (Å²) in [6.45, 7) is 11.5. The molecule has 7 heteroatoms. The molecular weight excluding hydrogens is 474 g/mol. The lowest BCUT2D eigenvalue weighted by atomic mass is 9.74. The summed E-state index contributed by atoms with van der Waals surface area (Å²) in [5.41, 5.74) is 6.14. The number of carboxylic acid groups (broad SMARTS) is 1. The number of aryl methyl sites for hydroxylation is 4. The zero-order chi connectivity index (χ0) is 26.5. The van der Waals surface area contributed by atoms with Crippen LogP contribution in [0.1, 0.15) is 82.4 Å². The van der Waals surface area contributed by atoms with Crippen molar-refractivity contribution in [2.24, 2.45) is 5.41 Å². The number of thiophene rings is 1. The standard InChI is InChI=1S/C29H41NO5S/c1-6-25-23-15-29(4,5)11-9-22(23)28(36-25)24(32)8-7-20-13-18(2)27(19(3)14-20)35-17-21(31)16-30-12-10-26(33)34/h13-14,21,30-31H,6-12,15-17H2,1-5H3,(H,33,34). The number of rotatable bonds is 13. The average Bonchev–Trinajstić information content (AvgIpc) is 3.16. The summed E-state index contributed by atoms with van der Waals surface area (Å²) in [6.07, 6.45) is 4.67. The second kappa shape index (κ2) is 12.3. The molecule has 1 atom stereocenters. The number of aliphatic hydroxyl groups excluding tert-OH is 1. The molecule has 1 aliphatic rings. The zero-order valence-corrected chi connectivity index (χ0v) is 23.1. The van der Waals surface area contributed by atoms with Crippen LogP contribution >= 0.6 is 11.3 Å². The second-order valence-corrected chi connectivity index (χ2v) is 11.9. The van der Waals surface area contributed by atoms with Crippen molar-refractivity contribution in [2.45, 2.75) is 85.7 Å². The van der Waals surface area contributed by atoms with Crippen molar-refractivity contribution in [3.63, 3.8) is 0 Å². The molecule has 0 amide bonds. The second-order valence-electron chi connectivity index (χ2n) is 10.8. The van der Waals surface area contributed by atoms with Gasteiger partial charge in [-0.3, -0.25) is 9.59 Å².